The first-order chi connectivity index (χ1) is 8.24. The van der Waals surface area contributed by atoms with Gasteiger partial charge in [0, 0.05) is 0 Å². The second kappa shape index (κ2) is 6.06. The van der Waals surface area contributed by atoms with Crippen LogP contribution in [0, 0.1) is 5.92 Å². The number of nitrogens with zero attached hydrogens (tertiary/aromatic N) is 1. The van der Waals surface area contributed by atoms with E-state index in [4.69, 9.17) is 0 Å². The Labute approximate surface area is 104 Å². The monoisotopic (exact) mass is 233 g/mol. The quantitative estimate of drug-likeness (QED) is 0.867. The maximum Gasteiger partial charge on any atom is 0.115 e. The topological polar surface area (TPSA) is 23.5 Å². The van der Waals surface area contributed by atoms with Crippen LogP contribution in [0.4, 0.5) is 0 Å². The second-order valence-corrected chi connectivity index (χ2v) is 5.31. The molecule has 2 nitrogen and oxygen atoms in total. The van der Waals surface area contributed by atoms with Crippen molar-refractivity contribution in [3.63, 3.8) is 0 Å². The van der Waals surface area contributed by atoms with E-state index in [9.17, 15) is 5.11 Å². The van der Waals surface area contributed by atoms with E-state index >= 15 is 0 Å². The molecule has 0 aromatic heterocycles. The predicted octanol–water partition coefficient (Wildman–Crippen LogP) is 3.06. The first kappa shape index (κ1) is 12.4. The molecule has 1 unspecified atom stereocenters. The summed E-state index contributed by atoms with van der Waals surface area (Å²) in [6.07, 6.45) is 6.50. The summed E-state index contributed by atoms with van der Waals surface area (Å²) in [5, 5.41) is 9.23. The van der Waals surface area contributed by atoms with Gasteiger partial charge in [-0.2, -0.15) is 0 Å². The van der Waals surface area contributed by atoms with Gasteiger partial charge in [-0.3, -0.25) is 0 Å². The van der Waals surface area contributed by atoms with Gasteiger partial charge in [0.05, 0.1) is 0 Å². The van der Waals surface area contributed by atoms with Gasteiger partial charge in [-0.25, -0.2) is 0 Å². The van der Waals surface area contributed by atoms with Crippen LogP contribution in [0.1, 0.15) is 31.2 Å². The number of likely N-dealkylation sites (tertiary alicyclic amines) is 1. The molecule has 1 N–H and O–H groups in total. The van der Waals surface area contributed by atoms with Gasteiger partial charge < -0.3 is 10.0 Å². The highest BCUT2D eigenvalue weighted by Gasteiger charge is 2.14. The first-order valence-corrected chi connectivity index (χ1v) is 6.70. The van der Waals surface area contributed by atoms with Crippen molar-refractivity contribution in [1.82, 2.24) is 4.90 Å². The molecule has 0 radical (unpaired) electrons. The molecule has 1 aromatic rings. The van der Waals surface area contributed by atoms with Crippen LogP contribution >= 0.6 is 0 Å². The average molecular weight is 233 g/mol. The summed E-state index contributed by atoms with van der Waals surface area (Å²) >= 11 is 0. The number of phenolic OH excluding ortho intramolecular Hbond substituents is 1. The Morgan fingerprint density at radius 2 is 1.94 bits per heavy atom. The Hall–Kier alpha value is -1.02. The summed E-state index contributed by atoms with van der Waals surface area (Å²) in [5.74, 6) is 1.25. The number of phenols is 1. The lowest BCUT2D eigenvalue weighted by molar-refractivity contribution is 0.339. The van der Waals surface area contributed by atoms with Crippen LogP contribution in [0.3, 0.4) is 0 Å². The van der Waals surface area contributed by atoms with Crippen LogP contribution in [0.5, 0.6) is 5.75 Å². The fourth-order valence-corrected chi connectivity index (χ4v) is 2.63. The molecule has 1 aliphatic rings. The van der Waals surface area contributed by atoms with Crippen molar-refractivity contribution in [1.29, 1.82) is 0 Å². The minimum atomic E-state index is 0.366. The summed E-state index contributed by atoms with van der Waals surface area (Å²) in [5.41, 5.74) is 1.35. The Morgan fingerprint density at radius 1 is 1.18 bits per heavy atom. The standard InChI is InChI=1S/C15H23NO/c1-16-11-2-3-13(10-12-16)4-5-14-6-8-15(17)9-7-14/h6-9,13,17H,2-5,10-12H2,1H3. The van der Waals surface area contributed by atoms with Gasteiger partial charge in [0.2, 0.25) is 0 Å². The Balaban J connectivity index is 1.79. The number of aryl methyl sites for hydroxylation is 1. The number of aromatic hydroxyl groups is 1. The molecule has 0 aliphatic carbocycles. The highest BCUT2D eigenvalue weighted by atomic mass is 16.3. The minimum Gasteiger partial charge on any atom is -0.508 e. The van der Waals surface area contributed by atoms with Crippen molar-refractivity contribution in [2.24, 2.45) is 5.92 Å². The lowest BCUT2D eigenvalue weighted by Gasteiger charge is -2.14. The molecule has 1 saturated heterocycles. The SMILES string of the molecule is CN1CCCC(CCc2ccc(O)cc2)CC1. The third-order valence-electron chi connectivity index (χ3n) is 3.85. The fourth-order valence-electron chi connectivity index (χ4n) is 2.63. The summed E-state index contributed by atoms with van der Waals surface area (Å²) in [4.78, 5) is 2.44. The molecular weight excluding hydrogens is 210 g/mol. The molecule has 1 aromatic carbocycles. The molecule has 1 fully saturated rings. The molecule has 2 heteroatoms. The molecule has 1 aliphatic heterocycles. The zero-order valence-corrected chi connectivity index (χ0v) is 10.7. The highest BCUT2D eigenvalue weighted by Crippen LogP contribution is 2.22. The fraction of sp³-hybridized carbons (Fsp3) is 0.600. The normalized spacial score (nSPS) is 22.3. The number of hydrogen-bond acceptors (Lipinski definition) is 2. The minimum absolute atomic E-state index is 0.366. The van der Waals surface area contributed by atoms with Crippen molar-refractivity contribution >= 4 is 0 Å². The second-order valence-electron chi connectivity index (χ2n) is 5.31. The van der Waals surface area contributed by atoms with E-state index < -0.39 is 0 Å². The molecule has 0 amide bonds. The smallest absolute Gasteiger partial charge is 0.115 e. The van der Waals surface area contributed by atoms with Crippen molar-refractivity contribution in [3.8, 4) is 5.75 Å². The molecule has 0 spiro atoms. The maximum atomic E-state index is 9.23. The van der Waals surface area contributed by atoms with E-state index in [1.165, 1.54) is 44.3 Å². The van der Waals surface area contributed by atoms with Crippen LogP contribution < -0.4 is 0 Å². The number of rotatable bonds is 3. The van der Waals surface area contributed by atoms with Gasteiger partial charge in [0.15, 0.2) is 0 Å². The molecule has 1 atom stereocenters. The zero-order chi connectivity index (χ0) is 12.1. The van der Waals surface area contributed by atoms with Crippen molar-refractivity contribution in [3.05, 3.63) is 29.8 Å². The van der Waals surface area contributed by atoms with Gasteiger partial charge >= 0.3 is 0 Å². The van der Waals surface area contributed by atoms with Gasteiger partial charge in [-0.05, 0) is 75.9 Å². The van der Waals surface area contributed by atoms with Crippen molar-refractivity contribution in [2.75, 3.05) is 20.1 Å². The van der Waals surface area contributed by atoms with Crippen LogP contribution in [0.2, 0.25) is 0 Å². The predicted molar refractivity (Wildman–Crippen MR) is 71.3 cm³/mol. The van der Waals surface area contributed by atoms with Gasteiger partial charge in [0.1, 0.15) is 5.75 Å². The Kier molecular flexibility index (Phi) is 4.43. The van der Waals surface area contributed by atoms with E-state index in [0.717, 1.165) is 12.3 Å². The van der Waals surface area contributed by atoms with E-state index in [-0.39, 0.29) is 0 Å². The first-order valence-electron chi connectivity index (χ1n) is 6.70. The molecule has 0 saturated carbocycles. The summed E-state index contributed by atoms with van der Waals surface area (Å²) in [6, 6.07) is 7.66. The highest BCUT2D eigenvalue weighted by molar-refractivity contribution is 5.25. The van der Waals surface area contributed by atoms with Crippen molar-refractivity contribution < 1.29 is 5.11 Å². The van der Waals surface area contributed by atoms with Crippen LogP contribution in [0.15, 0.2) is 24.3 Å². The van der Waals surface area contributed by atoms with Crippen LogP contribution in [0.25, 0.3) is 0 Å². The molecule has 1 heterocycles. The Bertz CT molecular complexity index is 333. The molecular formula is C15H23NO. The maximum absolute atomic E-state index is 9.23. The van der Waals surface area contributed by atoms with Crippen LogP contribution in [-0.2, 0) is 6.42 Å². The van der Waals surface area contributed by atoms with Crippen molar-refractivity contribution in [2.45, 2.75) is 32.1 Å². The molecule has 94 valence electrons. The zero-order valence-electron chi connectivity index (χ0n) is 10.7. The lowest BCUT2D eigenvalue weighted by Crippen LogP contribution is -2.18. The van der Waals surface area contributed by atoms with Gasteiger partial charge in [-0.1, -0.05) is 12.1 Å². The van der Waals surface area contributed by atoms with Crippen LogP contribution in [-0.4, -0.2) is 30.1 Å². The third kappa shape index (κ3) is 4.04. The summed E-state index contributed by atoms with van der Waals surface area (Å²) in [7, 11) is 2.22. The molecule has 2 rings (SSSR count). The largest absolute Gasteiger partial charge is 0.508 e. The van der Waals surface area contributed by atoms with Gasteiger partial charge in [-0.15, -0.1) is 0 Å². The Morgan fingerprint density at radius 3 is 2.71 bits per heavy atom. The van der Waals surface area contributed by atoms with E-state index in [1.54, 1.807) is 12.1 Å². The summed E-state index contributed by atoms with van der Waals surface area (Å²) in [6.45, 7) is 2.51. The summed E-state index contributed by atoms with van der Waals surface area (Å²) < 4.78 is 0. The van der Waals surface area contributed by atoms with E-state index in [2.05, 4.69) is 11.9 Å². The third-order valence-corrected chi connectivity index (χ3v) is 3.85. The number of benzene rings is 1. The number of hydrogen-bond donors (Lipinski definition) is 1. The van der Waals surface area contributed by atoms with Gasteiger partial charge in [0.25, 0.3) is 0 Å². The lowest BCUT2D eigenvalue weighted by atomic mass is 9.93. The van der Waals surface area contributed by atoms with E-state index in [1.807, 2.05) is 12.1 Å². The molecule has 0 bridgehead atoms. The molecule has 17 heavy (non-hydrogen) atoms. The van der Waals surface area contributed by atoms with E-state index in [0.29, 0.717) is 5.75 Å². The average Bonchev–Trinajstić information content (AvgIpc) is 2.54.